The molecule has 52 heavy (non-hydrogen) atoms. The van der Waals surface area contributed by atoms with Gasteiger partial charge in [0.1, 0.15) is 0 Å². The van der Waals surface area contributed by atoms with E-state index in [1.807, 2.05) is 0 Å². The Bertz CT molecular complexity index is 732. The number of hydrogen-bond acceptors (Lipinski definition) is 5. The first-order valence-corrected chi connectivity index (χ1v) is 23.3. The Labute approximate surface area is 324 Å². The number of amides is 1. The summed E-state index contributed by atoms with van der Waals surface area (Å²) in [5.74, 6) is -0.0491. The number of carbonyl (C=O) groups is 2. The lowest BCUT2D eigenvalue weighted by Crippen LogP contribution is -2.45. The highest BCUT2D eigenvalue weighted by Crippen LogP contribution is 2.16. The Morgan fingerprint density at radius 3 is 1.17 bits per heavy atom. The number of carbonyl (C=O) groups excluding carboxylic acids is 2. The third-order valence-corrected chi connectivity index (χ3v) is 10.9. The molecule has 0 aliphatic heterocycles. The largest absolute Gasteiger partial charge is 0.466 e. The van der Waals surface area contributed by atoms with Gasteiger partial charge in [0.25, 0.3) is 0 Å². The smallest absolute Gasteiger partial charge is 0.305 e. The van der Waals surface area contributed by atoms with Crippen LogP contribution in [0.15, 0.2) is 0 Å². The molecule has 2 atom stereocenters. The van der Waals surface area contributed by atoms with Crippen LogP contribution in [-0.2, 0) is 14.3 Å². The summed E-state index contributed by atoms with van der Waals surface area (Å²) in [6.45, 7) is 4.91. The van der Waals surface area contributed by atoms with Crippen molar-refractivity contribution in [3.8, 4) is 0 Å². The van der Waals surface area contributed by atoms with Gasteiger partial charge in [-0.2, -0.15) is 0 Å². The Morgan fingerprint density at radius 2 is 0.788 bits per heavy atom. The van der Waals surface area contributed by atoms with E-state index in [9.17, 15) is 19.8 Å². The minimum atomic E-state index is -0.667. The maximum Gasteiger partial charge on any atom is 0.305 e. The van der Waals surface area contributed by atoms with Gasteiger partial charge in [0.05, 0.1) is 25.4 Å². The highest BCUT2D eigenvalue weighted by Gasteiger charge is 2.20. The maximum atomic E-state index is 12.4. The molecule has 0 heterocycles. The third kappa shape index (κ3) is 38.6. The van der Waals surface area contributed by atoms with Gasteiger partial charge in [0.2, 0.25) is 5.91 Å². The molecule has 0 radical (unpaired) electrons. The van der Waals surface area contributed by atoms with Crippen LogP contribution in [0.3, 0.4) is 0 Å². The Hall–Kier alpha value is -1.14. The molecule has 0 aromatic heterocycles. The third-order valence-electron chi connectivity index (χ3n) is 10.9. The molecule has 6 nitrogen and oxygen atoms in total. The molecule has 0 fully saturated rings. The lowest BCUT2D eigenvalue weighted by molar-refractivity contribution is -0.143. The van der Waals surface area contributed by atoms with Crippen LogP contribution in [-0.4, -0.2) is 47.4 Å². The molecule has 2 unspecified atom stereocenters. The highest BCUT2D eigenvalue weighted by atomic mass is 16.5. The van der Waals surface area contributed by atoms with E-state index < -0.39 is 12.1 Å². The van der Waals surface area contributed by atoms with Crippen molar-refractivity contribution in [1.82, 2.24) is 5.32 Å². The predicted octanol–water partition coefficient (Wildman–Crippen LogP) is 13.2. The van der Waals surface area contributed by atoms with Gasteiger partial charge >= 0.3 is 5.97 Å². The van der Waals surface area contributed by atoms with Gasteiger partial charge < -0.3 is 20.3 Å². The summed E-state index contributed by atoms with van der Waals surface area (Å²) in [6, 6.07) is -0.545. The molecule has 6 heteroatoms. The second kappa shape index (κ2) is 42.6. The first-order chi connectivity index (χ1) is 25.5. The molecule has 0 aliphatic rings. The Kier molecular flexibility index (Phi) is 41.7. The van der Waals surface area contributed by atoms with Crippen molar-refractivity contribution in [2.75, 3.05) is 13.2 Å². The van der Waals surface area contributed by atoms with Crippen molar-refractivity contribution in [2.24, 2.45) is 0 Å². The number of hydrogen-bond donors (Lipinski definition) is 3. The van der Waals surface area contributed by atoms with Crippen LogP contribution in [0, 0.1) is 0 Å². The van der Waals surface area contributed by atoms with Crippen LogP contribution in [0.1, 0.15) is 258 Å². The van der Waals surface area contributed by atoms with Gasteiger partial charge in [0.15, 0.2) is 0 Å². The lowest BCUT2D eigenvalue weighted by atomic mass is 10.0. The fourth-order valence-corrected chi connectivity index (χ4v) is 7.29. The molecule has 0 rings (SSSR count). The zero-order valence-corrected chi connectivity index (χ0v) is 35.1. The molecular formula is C46H91NO5. The van der Waals surface area contributed by atoms with Gasteiger partial charge in [-0.1, -0.05) is 219 Å². The number of unbranched alkanes of at least 4 members (excludes halogenated alkanes) is 32. The van der Waals surface area contributed by atoms with Crippen LogP contribution >= 0.6 is 0 Å². The fourth-order valence-electron chi connectivity index (χ4n) is 7.29. The topological polar surface area (TPSA) is 95.9 Å². The first kappa shape index (κ1) is 50.9. The molecule has 0 aromatic carbocycles. The van der Waals surface area contributed by atoms with Crippen molar-refractivity contribution in [3.63, 3.8) is 0 Å². The van der Waals surface area contributed by atoms with Crippen LogP contribution in [0.4, 0.5) is 0 Å². The van der Waals surface area contributed by atoms with Crippen molar-refractivity contribution >= 4 is 11.9 Å². The summed E-state index contributed by atoms with van der Waals surface area (Å²) in [4.78, 5) is 24.3. The second-order valence-corrected chi connectivity index (χ2v) is 16.1. The van der Waals surface area contributed by atoms with E-state index in [4.69, 9.17) is 4.74 Å². The zero-order valence-electron chi connectivity index (χ0n) is 35.1. The summed E-state index contributed by atoms with van der Waals surface area (Å²) in [5, 5.41) is 23.0. The van der Waals surface area contributed by atoms with Crippen LogP contribution < -0.4 is 5.32 Å². The first-order valence-electron chi connectivity index (χ1n) is 23.3. The van der Waals surface area contributed by atoms with E-state index in [1.165, 1.54) is 173 Å². The number of nitrogens with one attached hydrogen (secondary N) is 1. The van der Waals surface area contributed by atoms with E-state index in [0.717, 1.165) is 51.4 Å². The quantitative estimate of drug-likeness (QED) is 0.0428. The van der Waals surface area contributed by atoms with Crippen molar-refractivity contribution in [3.05, 3.63) is 0 Å². The van der Waals surface area contributed by atoms with Gasteiger partial charge in [-0.05, 0) is 25.7 Å². The summed E-state index contributed by atoms with van der Waals surface area (Å²) < 4.78 is 5.45. The highest BCUT2D eigenvalue weighted by molar-refractivity contribution is 5.76. The molecule has 3 N–H and O–H groups in total. The lowest BCUT2D eigenvalue weighted by Gasteiger charge is -2.22. The summed E-state index contributed by atoms with van der Waals surface area (Å²) >= 11 is 0. The SMILES string of the molecule is CCCCCCCCCCCCCCC(=O)OCCCCCCCCCCCCCCCCC(=O)NC(CO)C(O)CCCCCCCCCCC. The fraction of sp³-hybridized carbons (Fsp3) is 0.957. The number of aliphatic hydroxyl groups is 2. The predicted molar refractivity (Wildman–Crippen MR) is 223 cm³/mol. The maximum absolute atomic E-state index is 12.4. The number of aliphatic hydroxyl groups excluding tert-OH is 2. The molecule has 1 amide bonds. The summed E-state index contributed by atoms with van der Waals surface area (Å²) in [5.41, 5.74) is 0. The minimum Gasteiger partial charge on any atom is -0.466 e. The second-order valence-electron chi connectivity index (χ2n) is 16.1. The number of rotatable bonds is 43. The van der Waals surface area contributed by atoms with Crippen LogP contribution in [0.5, 0.6) is 0 Å². The van der Waals surface area contributed by atoms with Gasteiger partial charge in [-0.15, -0.1) is 0 Å². The Balaban J connectivity index is 3.41. The van der Waals surface area contributed by atoms with Gasteiger partial charge in [-0.3, -0.25) is 9.59 Å². The molecule has 0 aromatic rings. The molecule has 0 spiro atoms. The molecule has 0 saturated carbocycles. The molecule has 0 aliphatic carbocycles. The van der Waals surface area contributed by atoms with E-state index in [1.54, 1.807) is 0 Å². The van der Waals surface area contributed by atoms with Crippen LogP contribution in [0.25, 0.3) is 0 Å². The van der Waals surface area contributed by atoms with Gasteiger partial charge in [-0.25, -0.2) is 0 Å². The van der Waals surface area contributed by atoms with Crippen LogP contribution in [0.2, 0.25) is 0 Å². The van der Waals surface area contributed by atoms with Crippen molar-refractivity contribution in [1.29, 1.82) is 0 Å². The normalized spacial score (nSPS) is 12.6. The molecule has 310 valence electrons. The standard InChI is InChI=1S/C46H91NO5/c1-3-5-7-9-11-13-14-20-24-28-32-36-40-46(51)52-41-37-33-29-25-21-18-16-15-17-19-23-27-31-35-39-45(50)47-43(42-48)44(49)38-34-30-26-22-12-10-8-6-4-2/h43-44,48-49H,3-42H2,1-2H3,(H,47,50). The van der Waals surface area contributed by atoms with E-state index in [0.29, 0.717) is 25.9 Å². The molecule has 0 bridgehead atoms. The average Bonchev–Trinajstić information content (AvgIpc) is 3.14. The monoisotopic (exact) mass is 738 g/mol. The summed E-state index contributed by atoms with van der Waals surface area (Å²) in [7, 11) is 0. The zero-order chi connectivity index (χ0) is 38.0. The van der Waals surface area contributed by atoms with Gasteiger partial charge in [0, 0.05) is 12.8 Å². The Morgan fingerprint density at radius 1 is 0.462 bits per heavy atom. The molecule has 0 saturated heterocycles. The van der Waals surface area contributed by atoms with Crippen molar-refractivity contribution < 1.29 is 24.5 Å². The summed E-state index contributed by atoms with van der Waals surface area (Å²) in [6.07, 6.45) is 44.9. The number of ether oxygens (including phenoxy) is 1. The average molecular weight is 738 g/mol. The van der Waals surface area contributed by atoms with E-state index in [-0.39, 0.29) is 18.5 Å². The van der Waals surface area contributed by atoms with Crippen molar-refractivity contribution in [2.45, 2.75) is 270 Å². The van der Waals surface area contributed by atoms with E-state index >= 15 is 0 Å². The molecular weight excluding hydrogens is 647 g/mol. The number of esters is 1. The van der Waals surface area contributed by atoms with E-state index in [2.05, 4.69) is 19.2 Å². The minimum absolute atomic E-state index is 0.00171.